The summed E-state index contributed by atoms with van der Waals surface area (Å²) in [7, 11) is 0. The summed E-state index contributed by atoms with van der Waals surface area (Å²) in [6.07, 6.45) is 0.825. The maximum absolute atomic E-state index is 12.2. The molecule has 0 aliphatic rings. The second kappa shape index (κ2) is 7.64. The Morgan fingerprint density at radius 2 is 2.32 bits per heavy atom. The molecule has 22 heavy (non-hydrogen) atoms. The molecule has 0 fully saturated rings. The molecule has 0 bridgehead atoms. The van der Waals surface area contributed by atoms with Gasteiger partial charge in [0, 0.05) is 16.7 Å². The van der Waals surface area contributed by atoms with Crippen LogP contribution in [-0.2, 0) is 11.3 Å². The zero-order valence-electron chi connectivity index (χ0n) is 12.3. The van der Waals surface area contributed by atoms with Gasteiger partial charge in [-0.3, -0.25) is 9.36 Å². The smallest absolute Gasteiger partial charge is 0.325 e. The average molecular weight is 385 g/mol. The van der Waals surface area contributed by atoms with Crippen molar-refractivity contribution >= 4 is 39.3 Å². The zero-order valence-corrected chi connectivity index (χ0v) is 14.7. The molecule has 2 N–H and O–H groups in total. The Kier molecular flexibility index (Phi) is 5.84. The summed E-state index contributed by atoms with van der Waals surface area (Å²) in [6, 6.07) is 7.39. The summed E-state index contributed by atoms with van der Waals surface area (Å²) in [4.78, 5) is 23.9. The molecule has 2 rings (SSSR count). The number of rotatable bonds is 6. The van der Waals surface area contributed by atoms with Gasteiger partial charge in [0.25, 0.3) is 0 Å². The molecular weight excluding hydrogens is 368 g/mol. The Balaban J connectivity index is 2.04. The van der Waals surface area contributed by atoms with E-state index in [2.05, 4.69) is 31.4 Å². The van der Waals surface area contributed by atoms with E-state index in [1.54, 1.807) is 11.5 Å². The van der Waals surface area contributed by atoms with Gasteiger partial charge in [0.15, 0.2) is 5.16 Å². The predicted molar refractivity (Wildman–Crippen MR) is 91.2 cm³/mol. The topological polar surface area (TPSA) is 79.8 Å². The number of amides is 1. The van der Waals surface area contributed by atoms with Crippen molar-refractivity contribution in [3.8, 4) is 0 Å². The molecule has 0 saturated carbocycles. The van der Waals surface area contributed by atoms with E-state index in [0.29, 0.717) is 11.7 Å². The number of H-pyrrole nitrogens is 1. The van der Waals surface area contributed by atoms with Gasteiger partial charge in [0.1, 0.15) is 0 Å². The molecule has 0 aliphatic carbocycles. The van der Waals surface area contributed by atoms with E-state index in [9.17, 15) is 9.59 Å². The van der Waals surface area contributed by atoms with Gasteiger partial charge in [-0.1, -0.05) is 40.7 Å². The van der Waals surface area contributed by atoms with Crippen molar-refractivity contribution in [2.45, 2.75) is 37.2 Å². The van der Waals surface area contributed by atoms with Crippen molar-refractivity contribution in [3.63, 3.8) is 0 Å². The highest BCUT2D eigenvalue weighted by molar-refractivity contribution is 9.10. The number of anilines is 1. The number of thioether (sulfide) groups is 1. The summed E-state index contributed by atoms with van der Waals surface area (Å²) in [5.41, 5.74) is 0.476. The van der Waals surface area contributed by atoms with Gasteiger partial charge < -0.3 is 5.32 Å². The van der Waals surface area contributed by atoms with Crippen molar-refractivity contribution in [1.82, 2.24) is 14.8 Å². The highest BCUT2D eigenvalue weighted by Crippen LogP contribution is 2.22. The normalized spacial score (nSPS) is 12.1. The van der Waals surface area contributed by atoms with Crippen LogP contribution in [0.15, 0.2) is 38.7 Å². The van der Waals surface area contributed by atoms with Gasteiger partial charge in [-0.15, -0.1) is 5.10 Å². The standard InChI is InChI=1S/C14H17BrN4O2S/c1-3-7-19-13(21)17-18-14(19)22-9(2)12(20)16-11-6-4-5-10(15)8-11/h4-6,8-9H,3,7H2,1-2H3,(H,16,20)(H,17,21). The molecule has 6 nitrogen and oxygen atoms in total. The number of aromatic amines is 1. The van der Waals surface area contributed by atoms with E-state index < -0.39 is 0 Å². The van der Waals surface area contributed by atoms with Gasteiger partial charge in [-0.05, 0) is 31.5 Å². The first kappa shape index (κ1) is 16.8. The van der Waals surface area contributed by atoms with Crippen LogP contribution in [0.2, 0.25) is 0 Å². The lowest BCUT2D eigenvalue weighted by Crippen LogP contribution is -2.24. The van der Waals surface area contributed by atoms with Crippen molar-refractivity contribution in [2.75, 3.05) is 5.32 Å². The molecule has 1 aromatic carbocycles. The molecule has 0 saturated heterocycles. The Labute approximate surface area is 140 Å². The zero-order chi connectivity index (χ0) is 16.1. The lowest BCUT2D eigenvalue weighted by atomic mass is 10.3. The largest absolute Gasteiger partial charge is 0.343 e. The first-order valence-corrected chi connectivity index (χ1v) is 8.56. The van der Waals surface area contributed by atoms with Gasteiger partial charge in [-0.2, -0.15) is 0 Å². The first-order valence-electron chi connectivity index (χ1n) is 6.89. The number of benzene rings is 1. The summed E-state index contributed by atoms with van der Waals surface area (Å²) < 4.78 is 2.45. The molecule has 0 radical (unpaired) electrons. The number of carbonyl (C=O) groups excluding carboxylic acids is 1. The minimum absolute atomic E-state index is 0.137. The van der Waals surface area contributed by atoms with E-state index in [4.69, 9.17) is 0 Å². The van der Waals surface area contributed by atoms with E-state index in [1.165, 1.54) is 11.8 Å². The lowest BCUT2D eigenvalue weighted by molar-refractivity contribution is -0.115. The number of hydrogen-bond donors (Lipinski definition) is 2. The van der Waals surface area contributed by atoms with Crippen LogP contribution in [0.3, 0.4) is 0 Å². The lowest BCUT2D eigenvalue weighted by Gasteiger charge is -2.12. The Hall–Kier alpha value is -1.54. The van der Waals surface area contributed by atoms with Crippen LogP contribution in [0.25, 0.3) is 0 Å². The Morgan fingerprint density at radius 1 is 1.55 bits per heavy atom. The third-order valence-corrected chi connectivity index (χ3v) is 4.50. The fourth-order valence-electron chi connectivity index (χ4n) is 1.84. The summed E-state index contributed by atoms with van der Waals surface area (Å²) in [6.45, 7) is 4.35. The van der Waals surface area contributed by atoms with Crippen molar-refractivity contribution in [1.29, 1.82) is 0 Å². The Bertz CT molecular complexity index is 713. The number of nitrogens with one attached hydrogen (secondary N) is 2. The number of nitrogens with zero attached hydrogens (tertiary/aromatic N) is 2. The summed E-state index contributed by atoms with van der Waals surface area (Å²) in [5.74, 6) is -0.137. The van der Waals surface area contributed by atoms with Gasteiger partial charge in [0.05, 0.1) is 5.25 Å². The van der Waals surface area contributed by atoms with Crippen molar-refractivity contribution in [2.24, 2.45) is 0 Å². The highest BCUT2D eigenvalue weighted by atomic mass is 79.9. The average Bonchev–Trinajstić information content (AvgIpc) is 2.80. The SMILES string of the molecule is CCCn1c(SC(C)C(=O)Nc2cccc(Br)c2)n[nH]c1=O. The second-order valence-corrected chi connectivity index (χ2v) is 6.95. The predicted octanol–water partition coefficient (Wildman–Crippen LogP) is 2.86. The van der Waals surface area contributed by atoms with Gasteiger partial charge in [-0.25, -0.2) is 9.89 Å². The molecular formula is C14H17BrN4O2S. The molecule has 1 unspecified atom stereocenters. The first-order chi connectivity index (χ1) is 10.5. The summed E-state index contributed by atoms with van der Waals surface area (Å²) >= 11 is 4.62. The fraction of sp³-hybridized carbons (Fsp3) is 0.357. The number of aromatic nitrogens is 3. The quantitative estimate of drug-likeness (QED) is 0.750. The van der Waals surface area contributed by atoms with E-state index >= 15 is 0 Å². The highest BCUT2D eigenvalue weighted by Gasteiger charge is 2.19. The Morgan fingerprint density at radius 3 is 3.00 bits per heavy atom. The number of hydrogen-bond acceptors (Lipinski definition) is 4. The molecule has 0 spiro atoms. The minimum Gasteiger partial charge on any atom is -0.325 e. The van der Waals surface area contributed by atoms with Crippen LogP contribution in [0.4, 0.5) is 5.69 Å². The molecule has 1 heterocycles. The maximum atomic E-state index is 12.2. The monoisotopic (exact) mass is 384 g/mol. The summed E-state index contributed by atoms with van der Waals surface area (Å²) in [5, 5.41) is 9.41. The van der Waals surface area contributed by atoms with Gasteiger partial charge in [0.2, 0.25) is 5.91 Å². The van der Waals surface area contributed by atoms with E-state index in [1.807, 2.05) is 31.2 Å². The van der Waals surface area contributed by atoms with E-state index in [0.717, 1.165) is 16.6 Å². The molecule has 0 aliphatic heterocycles. The number of carbonyl (C=O) groups is 1. The maximum Gasteiger partial charge on any atom is 0.343 e. The molecule has 1 aromatic heterocycles. The van der Waals surface area contributed by atoms with Crippen LogP contribution in [0, 0.1) is 0 Å². The van der Waals surface area contributed by atoms with E-state index in [-0.39, 0.29) is 16.8 Å². The van der Waals surface area contributed by atoms with Crippen LogP contribution >= 0.6 is 27.7 Å². The third kappa shape index (κ3) is 4.23. The third-order valence-electron chi connectivity index (χ3n) is 2.91. The fourth-order valence-corrected chi connectivity index (χ4v) is 3.12. The number of halogens is 1. The molecule has 2 aromatic rings. The van der Waals surface area contributed by atoms with Crippen LogP contribution < -0.4 is 11.0 Å². The van der Waals surface area contributed by atoms with Gasteiger partial charge >= 0.3 is 5.69 Å². The minimum atomic E-state index is -0.371. The van der Waals surface area contributed by atoms with Crippen molar-refractivity contribution in [3.05, 3.63) is 39.2 Å². The second-order valence-electron chi connectivity index (χ2n) is 4.72. The molecule has 1 amide bonds. The van der Waals surface area contributed by atoms with Crippen LogP contribution in [0.5, 0.6) is 0 Å². The molecule has 1 atom stereocenters. The van der Waals surface area contributed by atoms with Crippen LogP contribution in [0.1, 0.15) is 20.3 Å². The van der Waals surface area contributed by atoms with Crippen molar-refractivity contribution < 1.29 is 4.79 Å². The molecule has 118 valence electrons. The van der Waals surface area contributed by atoms with Crippen LogP contribution in [-0.4, -0.2) is 25.9 Å². The molecule has 8 heteroatoms.